The third kappa shape index (κ3) is 4.38. The maximum absolute atomic E-state index is 12.2. The lowest BCUT2D eigenvalue weighted by Gasteiger charge is -2.33. The second kappa shape index (κ2) is 7.68. The van der Waals surface area contributed by atoms with E-state index in [1.807, 2.05) is 0 Å². The van der Waals surface area contributed by atoms with E-state index in [2.05, 4.69) is 5.32 Å². The Bertz CT molecular complexity index is 582. The van der Waals surface area contributed by atoms with Crippen LogP contribution in [0.5, 0.6) is 5.75 Å². The zero-order valence-corrected chi connectivity index (χ0v) is 14.0. The summed E-state index contributed by atoms with van der Waals surface area (Å²) in [5, 5.41) is 12.8. The molecule has 6 heteroatoms. The number of hydrogen-bond acceptors (Lipinski definition) is 3. The van der Waals surface area contributed by atoms with E-state index in [0.29, 0.717) is 29.2 Å². The standard InChI is InChI=1S/C17H22ClNO4/c1-23-14-6-5-13(18)9-12(14)10-15(20)19-11-17(16(21)22)7-3-2-4-8-17/h5-6,9H,2-4,7-8,10-11H2,1H3,(H,19,20)(H,21,22). The molecule has 1 aromatic carbocycles. The first kappa shape index (κ1) is 17.6. The first-order valence-corrected chi connectivity index (χ1v) is 8.17. The molecule has 2 rings (SSSR count). The van der Waals surface area contributed by atoms with Gasteiger partial charge in [-0.25, -0.2) is 0 Å². The normalized spacial score (nSPS) is 16.6. The van der Waals surface area contributed by atoms with Crippen LogP contribution in [0, 0.1) is 5.41 Å². The Morgan fingerprint density at radius 2 is 2.00 bits per heavy atom. The van der Waals surface area contributed by atoms with Crippen LogP contribution in [-0.2, 0) is 16.0 Å². The van der Waals surface area contributed by atoms with Gasteiger partial charge in [0.25, 0.3) is 0 Å². The SMILES string of the molecule is COc1ccc(Cl)cc1CC(=O)NCC1(C(=O)O)CCCCC1. The van der Waals surface area contributed by atoms with E-state index >= 15 is 0 Å². The Labute approximate surface area is 141 Å². The molecule has 0 spiro atoms. The van der Waals surface area contributed by atoms with E-state index in [4.69, 9.17) is 16.3 Å². The quantitative estimate of drug-likeness (QED) is 0.835. The van der Waals surface area contributed by atoms with Gasteiger partial charge in [-0.05, 0) is 31.0 Å². The van der Waals surface area contributed by atoms with E-state index in [-0.39, 0.29) is 18.9 Å². The van der Waals surface area contributed by atoms with Crippen molar-refractivity contribution in [3.8, 4) is 5.75 Å². The number of carbonyl (C=O) groups is 2. The van der Waals surface area contributed by atoms with Crippen molar-refractivity contribution in [3.63, 3.8) is 0 Å². The molecule has 1 amide bonds. The maximum Gasteiger partial charge on any atom is 0.311 e. The minimum Gasteiger partial charge on any atom is -0.496 e. The van der Waals surface area contributed by atoms with Crippen LogP contribution in [0.3, 0.4) is 0 Å². The molecule has 1 aliphatic rings. The molecule has 0 bridgehead atoms. The number of rotatable bonds is 6. The van der Waals surface area contributed by atoms with E-state index in [1.54, 1.807) is 18.2 Å². The Hall–Kier alpha value is -1.75. The highest BCUT2D eigenvalue weighted by Crippen LogP contribution is 2.36. The molecule has 1 aromatic rings. The molecule has 2 N–H and O–H groups in total. The molecule has 1 saturated carbocycles. The van der Waals surface area contributed by atoms with Crippen LogP contribution < -0.4 is 10.1 Å². The van der Waals surface area contributed by atoms with Crippen LogP contribution in [-0.4, -0.2) is 30.6 Å². The highest BCUT2D eigenvalue weighted by molar-refractivity contribution is 6.30. The smallest absolute Gasteiger partial charge is 0.311 e. The number of ether oxygens (including phenoxy) is 1. The number of carboxylic acid groups (broad SMARTS) is 1. The summed E-state index contributed by atoms with van der Waals surface area (Å²) < 4.78 is 5.22. The van der Waals surface area contributed by atoms with Gasteiger partial charge in [-0.1, -0.05) is 30.9 Å². The summed E-state index contributed by atoms with van der Waals surface area (Å²) in [7, 11) is 1.53. The van der Waals surface area contributed by atoms with Gasteiger partial charge in [-0.15, -0.1) is 0 Å². The molecule has 1 fully saturated rings. The summed E-state index contributed by atoms with van der Waals surface area (Å²) >= 11 is 5.95. The molecule has 0 aliphatic heterocycles. The molecular weight excluding hydrogens is 318 g/mol. The first-order chi connectivity index (χ1) is 11.0. The van der Waals surface area contributed by atoms with Crippen molar-refractivity contribution in [1.29, 1.82) is 0 Å². The molecule has 5 nitrogen and oxygen atoms in total. The predicted molar refractivity (Wildman–Crippen MR) is 87.9 cm³/mol. The number of amides is 1. The molecular formula is C17H22ClNO4. The van der Waals surface area contributed by atoms with Gasteiger partial charge in [-0.3, -0.25) is 9.59 Å². The minimum absolute atomic E-state index is 0.111. The van der Waals surface area contributed by atoms with Gasteiger partial charge < -0.3 is 15.2 Å². The van der Waals surface area contributed by atoms with E-state index in [9.17, 15) is 14.7 Å². The van der Waals surface area contributed by atoms with Crippen LogP contribution in [0.25, 0.3) is 0 Å². The van der Waals surface area contributed by atoms with E-state index in [1.165, 1.54) is 7.11 Å². The van der Waals surface area contributed by atoms with Gasteiger partial charge in [0.1, 0.15) is 5.75 Å². The highest BCUT2D eigenvalue weighted by atomic mass is 35.5. The molecule has 0 atom stereocenters. The average molecular weight is 340 g/mol. The van der Waals surface area contributed by atoms with Crippen LogP contribution in [0.4, 0.5) is 0 Å². The van der Waals surface area contributed by atoms with Crippen LogP contribution in [0.15, 0.2) is 18.2 Å². The van der Waals surface area contributed by atoms with Crippen molar-refractivity contribution in [2.24, 2.45) is 5.41 Å². The van der Waals surface area contributed by atoms with Crippen LogP contribution in [0.2, 0.25) is 5.02 Å². The average Bonchev–Trinajstić information content (AvgIpc) is 2.54. The lowest BCUT2D eigenvalue weighted by molar-refractivity contribution is -0.151. The summed E-state index contributed by atoms with van der Waals surface area (Å²) in [6.45, 7) is 0.171. The number of carbonyl (C=O) groups excluding carboxylic acids is 1. The molecule has 0 radical (unpaired) electrons. The Kier molecular flexibility index (Phi) is 5.88. The molecule has 1 aliphatic carbocycles. The summed E-state index contributed by atoms with van der Waals surface area (Å²) in [5.74, 6) is -0.454. The second-order valence-corrected chi connectivity index (χ2v) is 6.49. The summed E-state index contributed by atoms with van der Waals surface area (Å²) in [6, 6.07) is 5.10. The fourth-order valence-electron chi connectivity index (χ4n) is 3.08. The molecule has 126 valence electrons. The summed E-state index contributed by atoms with van der Waals surface area (Å²) in [6.07, 6.45) is 4.18. The number of hydrogen-bond donors (Lipinski definition) is 2. The number of carboxylic acids is 1. The largest absolute Gasteiger partial charge is 0.496 e. The lowest BCUT2D eigenvalue weighted by atomic mass is 9.74. The number of methoxy groups -OCH3 is 1. The van der Waals surface area contributed by atoms with Gasteiger partial charge in [0.2, 0.25) is 5.91 Å². The van der Waals surface area contributed by atoms with Crippen LogP contribution >= 0.6 is 11.6 Å². The lowest BCUT2D eigenvalue weighted by Crippen LogP contribution is -2.44. The number of aliphatic carboxylic acids is 1. The van der Waals surface area contributed by atoms with Crippen molar-refractivity contribution in [2.75, 3.05) is 13.7 Å². The van der Waals surface area contributed by atoms with Gasteiger partial charge in [0.05, 0.1) is 18.9 Å². The van der Waals surface area contributed by atoms with Crippen molar-refractivity contribution >= 4 is 23.5 Å². The minimum atomic E-state index is -0.827. The topological polar surface area (TPSA) is 75.6 Å². The van der Waals surface area contributed by atoms with Gasteiger partial charge >= 0.3 is 5.97 Å². The van der Waals surface area contributed by atoms with E-state index in [0.717, 1.165) is 19.3 Å². The van der Waals surface area contributed by atoms with Gasteiger partial charge in [0.15, 0.2) is 0 Å². The highest BCUT2D eigenvalue weighted by Gasteiger charge is 2.39. The number of nitrogens with one attached hydrogen (secondary N) is 1. The molecule has 0 unspecified atom stereocenters. The Balaban J connectivity index is 1.99. The molecule has 23 heavy (non-hydrogen) atoms. The Morgan fingerprint density at radius 1 is 1.30 bits per heavy atom. The van der Waals surface area contributed by atoms with Crippen molar-refractivity contribution < 1.29 is 19.4 Å². The number of halogens is 1. The van der Waals surface area contributed by atoms with Gasteiger partial charge in [0, 0.05) is 17.1 Å². The summed E-state index contributed by atoms with van der Waals surface area (Å²) in [4.78, 5) is 23.8. The summed E-state index contributed by atoms with van der Waals surface area (Å²) in [5.41, 5.74) is -0.141. The van der Waals surface area contributed by atoms with Crippen LogP contribution in [0.1, 0.15) is 37.7 Å². The Morgan fingerprint density at radius 3 is 2.61 bits per heavy atom. The number of benzene rings is 1. The third-order valence-electron chi connectivity index (χ3n) is 4.48. The molecule has 0 saturated heterocycles. The monoisotopic (exact) mass is 339 g/mol. The third-order valence-corrected chi connectivity index (χ3v) is 4.72. The molecule has 0 aromatic heterocycles. The predicted octanol–water partition coefficient (Wildman–Crippen LogP) is 3.04. The van der Waals surface area contributed by atoms with E-state index < -0.39 is 11.4 Å². The van der Waals surface area contributed by atoms with Crippen molar-refractivity contribution in [2.45, 2.75) is 38.5 Å². The zero-order chi connectivity index (χ0) is 16.9. The second-order valence-electron chi connectivity index (χ2n) is 6.06. The van der Waals surface area contributed by atoms with Crippen molar-refractivity contribution in [1.82, 2.24) is 5.32 Å². The maximum atomic E-state index is 12.2. The first-order valence-electron chi connectivity index (χ1n) is 7.79. The zero-order valence-electron chi connectivity index (χ0n) is 13.2. The van der Waals surface area contributed by atoms with Gasteiger partial charge in [-0.2, -0.15) is 0 Å². The molecule has 0 heterocycles. The van der Waals surface area contributed by atoms with Crippen molar-refractivity contribution in [3.05, 3.63) is 28.8 Å². The fraction of sp³-hybridized carbons (Fsp3) is 0.529. The fourth-order valence-corrected chi connectivity index (χ4v) is 3.28.